The van der Waals surface area contributed by atoms with E-state index in [4.69, 9.17) is 27.9 Å². The van der Waals surface area contributed by atoms with Crippen molar-refractivity contribution in [3.8, 4) is 0 Å². The van der Waals surface area contributed by atoms with Crippen LogP contribution < -0.4 is 0 Å². The van der Waals surface area contributed by atoms with Crippen LogP contribution in [0.5, 0.6) is 0 Å². The fourth-order valence-electron chi connectivity index (χ4n) is 5.07. The van der Waals surface area contributed by atoms with E-state index >= 15 is 0 Å². The molecule has 33 heavy (non-hydrogen) atoms. The molecule has 0 spiro atoms. The van der Waals surface area contributed by atoms with E-state index in [1.54, 1.807) is 24.0 Å². The van der Waals surface area contributed by atoms with Crippen LogP contribution in [-0.2, 0) is 14.3 Å². The molecule has 0 saturated carbocycles. The van der Waals surface area contributed by atoms with E-state index in [2.05, 4.69) is 0 Å². The summed E-state index contributed by atoms with van der Waals surface area (Å²) in [6, 6.07) is 14.3. The summed E-state index contributed by atoms with van der Waals surface area (Å²) < 4.78 is 4.93. The molecular formula is C26H31Cl2NO4. The van der Waals surface area contributed by atoms with Crippen LogP contribution in [0.3, 0.4) is 0 Å². The highest BCUT2D eigenvalue weighted by molar-refractivity contribution is 6.30. The van der Waals surface area contributed by atoms with Gasteiger partial charge in [0.25, 0.3) is 0 Å². The summed E-state index contributed by atoms with van der Waals surface area (Å²) in [6.45, 7) is 5.45. The molecule has 1 heterocycles. The number of ether oxygens (including phenoxy) is 1. The minimum atomic E-state index is -0.995. The van der Waals surface area contributed by atoms with Gasteiger partial charge < -0.3 is 14.7 Å². The van der Waals surface area contributed by atoms with E-state index in [0.29, 0.717) is 22.9 Å². The van der Waals surface area contributed by atoms with Crippen LogP contribution in [0.2, 0.25) is 10.0 Å². The second kappa shape index (κ2) is 10.5. The van der Waals surface area contributed by atoms with Crippen LogP contribution in [0.25, 0.3) is 0 Å². The zero-order chi connectivity index (χ0) is 24.3. The maximum Gasteiger partial charge on any atom is 0.306 e. The molecule has 1 saturated heterocycles. The molecule has 1 N–H and O–H groups in total. The Hall–Kier alpha value is -2.08. The number of benzene rings is 2. The summed E-state index contributed by atoms with van der Waals surface area (Å²) in [7, 11) is 1.33. The SMILES string of the molecule is CC[C@@H]([C@H](C)O)N1C(=O)[C@@](C)(CC(=O)OC)C[C@H](c2cccc(Cl)c2)[C@H]1c1ccc(Cl)cc1. The number of esters is 1. The number of aliphatic hydroxyl groups excluding tert-OH is 1. The monoisotopic (exact) mass is 491 g/mol. The Kier molecular flexibility index (Phi) is 8.09. The number of hydrogen-bond donors (Lipinski definition) is 1. The van der Waals surface area contributed by atoms with Gasteiger partial charge in [-0.15, -0.1) is 0 Å². The van der Waals surface area contributed by atoms with Gasteiger partial charge in [0.2, 0.25) is 5.91 Å². The van der Waals surface area contributed by atoms with Gasteiger partial charge in [-0.05, 0) is 55.2 Å². The fourth-order valence-corrected chi connectivity index (χ4v) is 5.40. The number of carbonyl (C=O) groups excluding carboxylic acids is 2. The first-order valence-electron chi connectivity index (χ1n) is 11.2. The van der Waals surface area contributed by atoms with E-state index in [-0.39, 0.29) is 24.3 Å². The zero-order valence-corrected chi connectivity index (χ0v) is 20.9. The number of carbonyl (C=O) groups is 2. The highest BCUT2D eigenvalue weighted by Gasteiger charge is 2.52. The zero-order valence-electron chi connectivity index (χ0n) is 19.4. The van der Waals surface area contributed by atoms with Crippen molar-refractivity contribution >= 4 is 35.1 Å². The van der Waals surface area contributed by atoms with E-state index in [1.807, 2.05) is 50.2 Å². The molecule has 178 valence electrons. The summed E-state index contributed by atoms with van der Waals surface area (Å²) in [5, 5.41) is 11.9. The molecule has 1 aliphatic rings. The quantitative estimate of drug-likeness (QED) is 0.498. The predicted octanol–water partition coefficient (Wildman–Crippen LogP) is 5.78. The van der Waals surface area contributed by atoms with Gasteiger partial charge in [0.05, 0.1) is 37.1 Å². The van der Waals surface area contributed by atoms with Gasteiger partial charge in [0, 0.05) is 16.0 Å². The third kappa shape index (κ3) is 5.37. The molecule has 0 unspecified atom stereocenters. The lowest BCUT2D eigenvalue weighted by Crippen LogP contribution is -2.58. The third-order valence-corrected chi connectivity index (χ3v) is 7.17. The van der Waals surface area contributed by atoms with Crippen molar-refractivity contribution in [2.75, 3.05) is 7.11 Å². The van der Waals surface area contributed by atoms with Crippen LogP contribution in [0.1, 0.15) is 63.1 Å². The second-order valence-electron chi connectivity index (χ2n) is 9.10. The van der Waals surface area contributed by atoms with Crippen molar-refractivity contribution in [1.82, 2.24) is 4.90 Å². The molecule has 3 rings (SSSR count). The third-order valence-electron chi connectivity index (χ3n) is 6.69. The molecule has 0 radical (unpaired) electrons. The maximum absolute atomic E-state index is 14.1. The number of methoxy groups -OCH3 is 1. The smallest absolute Gasteiger partial charge is 0.306 e. The Bertz CT molecular complexity index is 994. The standard InChI is InChI=1S/C26H31Cl2NO4/c1-5-22(16(2)30)29-24(17-9-11-19(27)12-10-17)21(18-7-6-8-20(28)13-18)14-26(3,25(29)32)15-23(31)33-4/h6-13,16,21-22,24,30H,5,14-15H2,1-4H3/t16-,21+,22-,24+,26+/m0/s1. The Balaban J connectivity index is 2.24. The minimum absolute atomic E-state index is 0.0422. The van der Waals surface area contributed by atoms with Crippen molar-refractivity contribution in [3.63, 3.8) is 0 Å². The lowest BCUT2D eigenvalue weighted by molar-refractivity contribution is -0.164. The van der Waals surface area contributed by atoms with Crippen LogP contribution >= 0.6 is 23.2 Å². The fraction of sp³-hybridized carbons (Fsp3) is 0.462. The number of halogens is 2. The summed E-state index contributed by atoms with van der Waals surface area (Å²) in [5.41, 5.74) is 0.888. The molecule has 2 aromatic carbocycles. The molecule has 5 atom stereocenters. The first-order chi connectivity index (χ1) is 15.6. The largest absolute Gasteiger partial charge is 0.469 e. The molecule has 7 heteroatoms. The van der Waals surface area contributed by atoms with Crippen molar-refractivity contribution in [2.45, 2.75) is 64.1 Å². The molecule has 0 bridgehead atoms. The van der Waals surface area contributed by atoms with E-state index in [1.165, 1.54) is 7.11 Å². The molecule has 5 nitrogen and oxygen atoms in total. The normalized spacial score (nSPS) is 24.9. The van der Waals surface area contributed by atoms with E-state index < -0.39 is 23.5 Å². The molecular weight excluding hydrogens is 461 g/mol. The number of piperidine rings is 1. The lowest BCUT2D eigenvalue weighted by atomic mass is 9.67. The maximum atomic E-state index is 14.1. The second-order valence-corrected chi connectivity index (χ2v) is 9.98. The summed E-state index contributed by atoms with van der Waals surface area (Å²) in [4.78, 5) is 28.2. The molecule has 0 aliphatic carbocycles. The van der Waals surface area contributed by atoms with Crippen molar-refractivity contribution in [1.29, 1.82) is 0 Å². The Morgan fingerprint density at radius 3 is 2.39 bits per heavy atom. The van der Waals surface area contributed by atoms with Crippen LogP contribution in [0.4, 0.5) is 0 Å². The highest BCUT2D eigenvalue weighted by Crippen LogP contribution is 2.52. The Morgan fingerprint density at radius 1 is 1.18 bits per heavy atom. The number of nitrogens with zero attached hydrogens (tertiary/aromatic N) is 1. The Labute approximate surface area is 205 Å². The number of hydrogen-bond acceptors (Lipinski definition) is 4. The van der Waals surface area contributed by atoms with Gasteiger partial charge in [-0.25, -0.2) is 0 Å². The van der Waals surface area contributed by atoms with E-state index in [0.717, 1.165) is 11.1 Å². The van der Waals surface area contributed by atoms with Crippen LogP contribution in [-0.4, -0.2) is 41.1 Å². The van der Waals surface area contributed by atoms with Gasteiger partial charge in [-0.2, -0.15) is 0 Å². The molecule has 2 aromatic rings. The van der Waals surface area contributed by atoms with Crippen LogP contribution in [0, 0.1) is 5.41 Å². The molecule has 0 aromatic heterocycles. The first kappa shape index (κ1) is 25.5. The van der Waals surface area contributed by atoms with Gasteiger partial charge in [0.1, 0.15) is 0 Å². The van der Waals surface area contributed by atoms with Crippen molar-refractivity contribution in [2.24, 2.45) is 5.41 Å². The van der Waals surface area contributed by atoms with E-state index in [9.17, 15) is 14.7 Å². The lowest BCUT2D eigenvalue weighted by Gasteiger charge is -2.52. The highest BCUT2D eigenvalue weighted by atomic mass is 35.5. The summed E-state index contributed by atoms with van der Waals surface area (Å²) in [6.07, 6.45) is 0.194. The topological polar surface area (TPSA) is 66.8 Å². The molecule has 1 amide bonds. The Morgan fingerprint density at radius 2 is 1.85 bits per heavy atom. The average molecular weight is 492 g/mol. The van der Waals surface area contributed by atoms with Crippen molar-refractivity contribution < 1.29 is 19.4 Å². The first-order valence-corrected chi connectivity index (χ1v) is 12.0. The molecule has 1 fully saturated rings. The van der Waals surface area contributed by atoms with Gasteiger partial charge in [0.15, 0.2) is 0 Å². The van der Waals surface area contributed by atoms with Gasteiger partial charge in [-0.3, -0.25) is 9.59 Å². The van der Waals surface area contributed by atoms with Crippen molar-refractivity contribution in [3.05, 3.63) is 69.7 Å². The van der Waals surface area contributed by atoms with Crippen LogP contribution in [0.15, 0.2) is 48.5 Å². The van der Waals surface area contributed by atoms with Gasteiger partial charge >= 0.3 is 5.97 Å². The average Bonchev–Trinajstić information content (AvgIpc) is 2.77. The minimum Gasteiger partial charge on any atom is -0.469 e. The number of rotatable bonds is 7. The molecule has 1 aliphatic heterocycles. The number of aliphatic hydroxyl groups is 1. The number of likely N-dealkylation sites (tertiary alicyclic amines) is 1. The summed E-state index contributed by atoms with van der Waals surface area (Å²) >= 11 is 12.5. The number of amides is 1. The van der Waals surface area contributed by atoms with Gasteiger partial charge in [-0.1, -0.05) is 61.3 Å². The predicted molar refractivity (Wildman–Crippen MR) is 130 cm³/mol. The summed E-state index contributed by atoms with van der Waals surface area (Å²) in [5.74, 6) is -0.769.